The Hall–Kier alpha value is -0.980. The van der Waals surface area contributed by atoms with Gasteiger partial charge in [0.2, 0.25) is 0 Å². The third-order valence-electron chi connectivity index (χ3n) is 5.68. The number of rotatable bonds is 11. The summed E-state index contributed by atoms with van der Waals surface area (Å²) in [5, 5.41) is 0. The highest BCUT2D eigenvalue weighted by Crippen LogP contribution is 2.38. The first kappa shape index (κ1) is 18.4. The molecule has 0 bridgehead atoms. The molecule has 0 radical (unpaired) electrons. The Morgan fingerprint density at radius 1 is 0.870 bits per heavy atom. The van der Waals surface area contributed by atoms with Gasteiger partial charge in [0, 0.05) is 17.8 Å². The summed E-state index contributed by atoms with van der Waals surface area (Å²) < 4.78 is 0. The zero-order valence-corrected chi connectivity index (χ0v) is 15.7. The van der Waals surface area contributed by atoms with E-state index in [1.54, 1.807) is 5.56 Å². The Labute approximate surface area is 144 Å². The van der Waals surface area contributed by atoms with E-state index < -0.39 is 0 Å². The first-order valence-electron chi connectivity index (χ1n) is 10.1. The van der Waals surface area contributed by atoms with Gasteiger partial charge in [-0.25, -0.2) is 0 Å². The molecule has 23 heavy (non-hydrogen) atoms. The molecule has 0 N–H and O–H groups in total. The summed E-state index contributed by atoms with van der Waals surface area (Å²) in [4.78, 5) is 2.75. The van der Waals surface area contributed by atoms with Crippen molar-refractivity contribution in [2.45, 2.75) is 96.9 Å². The van der Waals surface area contributed by atoms with Gasteiger partial charge in [0.1, 0.15) is 0 Å². The summed E-state index contributed by atoms with van der Waals surface area (Å²) in [6.45, 7) is 8.37. The summed E-state index contributed by atoms with van der Waals surface area (Å²) in [5.41, 5.74) is 3.42. The molecule has 0 spiro atoms. The molecule has 0 aromatic heterocycles. The van der Waals surface area contributed by atoms with Crippen molar-refractivity contribution in [2.24, 2.45) is 0 Å². The summed E-state index contributed by atoms with van der Waals surface area (Å²) >= 11 is 0. The maximum Gasteiger partial charge on any atom is 0.0404 e. The number of anilines is 1. The van der Waals surface area contributed by atoms with E-state index in [4.69, 9.17) is 0 Å². The van der Waals surface area contributed by atoms with Crippen molar-refractivity contribution in [1.29, 1.82) is 0 Å². The van der Waals surface area contributed by atoms with Crippen molar-refractivity contribution in [1.82, 2.24) is 0 Å². The van der Waals surface area contributed by atoms with Crippen LogP contribution in [0.5, 0.6) is 0 Å². The zero-order chi connectivity index (χ0) is 16.5. The number of hydrogen-bond donors (Lipinski definition) is 0. The monoisotopic (exact) mass is 315 g/mol. The van der Waals surface area contributed by atoms with Crippen LogP contribution in [0.4, 0.5) is 5.69 Å². The molecular formula is C22H37N. The molecular weight excluding hydrogens is 278 g/mol. The van der Waals surface area contributed by atoms with Crippen LogP contribution in [0.2, 0.25) is 0 Å². The molecule has 1 unspecified atom stereocenters. The van der Waals surface area contributed by atoms with Crippen LogP contribution < -0.4 is 4.90 Å². The summed E-state index contributed by atoms with van der Waals surface area (Å²) in [7, 11) is 0. The fraction of sp³-hybridized carbons (Fsp3) is 0.727. The van der Waals surface area contributed by atoms with Gasteiger partial charge in [-0.2, -0.15) is 0 Å². The molecule has 1 heteroatoms. The molecule has 0 fully saturated rings. The van der Waals surface area contributed by atoms with E-state index in [2.05, 4.69) is 49.9 Å². The van der Waals surface area contributed by atoms with Crippen LogP contribution in [-0.4, -0.2) is 12.1 Å². The highest BCUT2D eigenvalue weighted by Gasteiger charge is 2.34. The van der Waals surface area contributed by atoms with Gasteiger partial charge < -0.3 is 4.90 Å². The average Bonchev–Trinajstić information content (AvgIpc) is 3.00. The van der Waals surface area contributed by atoms with Gasteiger partial charge >= 0.3 is 0 Å². The molecule has 0 aliphatic carbocycles. The molecule has 1 aliphatic rings. The standard InChI is InChI=1S/C22H37N/c1-4-6-8-9-13-18-22(3,17-12-7-5-2)23-19-16-20-14-10-11-15-21(20)23/h10-11,14-15H,4-9,12-13,16-19H2,1-3H3. The van der Waals surface area contributed by atoms with E-state index in [0.717, 1.165) is 0 Å². The van der Waals surface area contributed by atoms with Crippen LogP contribution in [0.15, 0.2) is 24.3 Å². The number of hydrogen-bond acceptors (Lipinski definition) is 1. The quantitative estimate of drug-likeness (QED) is 0.408. The third kappa shape index (κ3) is 4.99. The maximum atomic E-state index is 2.75. The Balaban J connectivity index is 2.01. The maximum absolute atomic E-state index is 2.75. The Bertz CT molecular complexity index is 453. The fourth-order valence-electron chi connectivity index (χ4n) is 4.16. The number of fused-ring (bicyclic) bond motifs is 1. The van der Waals surface area contributed by atoms with Crippen LogP contribution in [0, 0.1) is 0 Å². The second-order valence-corrected chi connectivity index (χ2v) is 7.65. The van der Waals surface area contributed by atoms with E-state index >= 15 is 0 Å². The lowest BCUT2D eigenvalue weighted by Gasteiger charge is -2.42. The Morgan fingerprint density at radius 2 is 1.48 bits per heavy atom. The van der Waals surface area contributed by atoms with Gasteiger partial charge in [0.05, 0.1) is 0 Å². The minimum absolute atomic E-state index is 0.355. The minimum Gasteiger partial charge on any atom is -0.366 e. The lowest BCUT2D eigenvalue weighted by molar-refractivity contribution is 0.342. The van der Waals surface area contributed by atoms with Gasteiger partial charge in [-0.1, -0.05) is 83.4 Å². The smallest absolute Gasteiger partial charge is 0.0404 e. The topological polar surface area (TPSA) is 3.24 Å². The number of para-hydroxylation sites is 1. The lowest BCUT2D eigenvalue weighted by atomic mass is 9.86. The fourth-order valence-corrected chi connectivity index (χ4v) is 4.16. The van der Waals surface area contributed by atoms with E-state index in [1.807, 2.05) is 0 Å². The van der Waals surface area contributed by atoms with E-state index in [-0.39, 0.29) is 0 Å². The van der Waals surface area contributed by atoms with Crippen molar-refractivity contribution >= 4 is 5.69 Å². The second kappa shape index (κ2) is 9.35. The Kier molecular flexibility index (Phi) is 7.46. The predicted octanol–water partition coefficient (Wildman–Crippen LogP) is 6.75. The van der Waals surface area contributed by atoms with Gasteiger partial charge in [0.15, 0.2) is 0 Å². The molecule has 1 atom stereocenters. The molecule has 0 saturated heterocycles. The highest BCUT2D eigenvalue weighted by atomic mass is 15.2. The van der Waals surface area contributed by atoms with E-state index in [1.165, 1.54) is 82.9 Å². The summed E-state index contributed by atoms with van der Waals surface area (Å²) in [6, 6.07) is 9.08. The number of unbranched alkanes of at least 4 members (excludes halogenated alkanes) is 6. The molecule has 1 nitrogen and oxygen atoms in total. The summed E-state index contributed by atoms with van der Waals surface area (Å²) in [5.74, 6) is 0. The van der Waals surface area contributed by atoms with Crippen molar-refractivity contribution in [3.63, 3.8) is 0 Å². The average molecular weight is 316 g/mol. The highest BCUT2D eigenvalue weighted by molar-refractivity contribution is 5.59. The van der Waals surface area contributed by atoms with Crippen molar-refractivity contribution < 1.29 is 0 Å². The van der Waals surface area contributed by atoms with E-state index in [0.29, 0.717) is 5.54 Å². The lowest BCUT2D eigenvalue weighted by Crippen LogP contribution is -2.45. The summed E-state index contributed by atoms with van der Waals surface area (Å²) in [6.07, 6.45) is 15.0. The van der Waals surface area contributed by atoms with Gasteiger partial charge in [-0.05, 0) is 37.8 Å². The second-order valence-electron chi connectivity index (χ2n) is 7.65. The molecule has 130 valence electrons. The third-order valence-corrected chi connectivity index (χ3v) is 5.68. The van der Waals surface area contributed by atoms with Gasteiger partial charge in [-0.15, -0.1) is 0 Å². The number of nitrogens with zero attached hydrogens (tertiary/aromatic N) is 1. The first-order chi connectivity index (χ1) is 11.2. The van der Waals surface area contributed by atoms with Crippen molar-refractivity contribution in [2.75, 3.05) is 11.4 Å². The molecule has 0 amide bonds. The molecule has 1 aromatic rings. The van der Waals surface area contributed by atoms with Crippen LogP contribution in [0.3, 0.4) is 0 Å². The zero-order valence-electron chi connectivity index (χ0n) is 15.7. The predicted molar refractivity (Wildman–Crippen MR) is 103 cm³/mol. The van der Waals surface area contributed by atoms with Crippen LogP contribution >= 0.6 is 0 Å². The normalized spacial score (nSPS) is 16.4. The largest absolute Gasteiger partial charge is 0.366 e. The van der Waals surface area contributed by atoms with Crippen LogP contribution in [0.25, 0.3) is 0 Å². The van der Waals surface area contributed by atoms with Crippen molar-refractivity contribution in [3.05, 3.63) is 29.8 Å². The van der Waals surface area contributed by atoms with E-state index in [9.17, 15) is 0 Å². The first-order valence-corrected chi connectivity index (χ1v) is 10.1. The van der Waals surface area contributed by atoms with Gasteiger partial charge in [0.25, 0.3) is 0 Å². The number of benzene rings is 1. The van der Waals surface area contributed by atoms with Crippen LogP contribution in [-0.2, 0) is 6.42 Å². The SMILES string of the molecule is CCCCCCCC(C)(CCCCC)N1CCc2ccccc21. The molecule has 1 aromatic carbocycles. The molecule has 1 heterocycles. The Morgan fingerprint density at radius 3 is 2.22 bits per heavy atom. The van der Waals surface area contributed by atoms with Crippen LogP contribution in [0.1, 0.15) is 90.5 Å². The molecule has 0 saturated carbocycles. The van der Waals surface area contributed by atoms with Crippen molar-refractivity contribution in [3.8, 4) is 0 Å². The van der Waals surface area contributed by atoms with Gasteiger partial charge in [-0.3, -0.25) is 0 Å². The molecule has 1 aliphatic heterocycles. The molecule has 2 rings (SSSR count). The minimum atomic E-state index is 0.355.